The van der Waals surface area contributed by atoms with Crippen LogP contribution in [0.1, 0.15) is 10.6 Å². The number of anilines is 1. The predicted octanol–water partition coefficient (Wildman–Crippen LogP) is 4.24. The van der Waals surface area contributed by atoms with Crippen molar-refractivity contribution in [3.8, 4) is 16.9 Å². The highest BCUT2D eigenvalue weighted by Gasteiger charge is 2.16. The highest BCUT2D eigenvalue weighted by atomic mass is 35.5. The molecule has 4 aromatic rings. The second kappa shape index (κ2) is 7.59. The number of carbonyl (C=O) groups is 1. The maximum atomic E-state index is 12.4. The van der Waals surface area contributed by atoms with Crippen molar-refractivity contribution in [3.05, 3.63) is 80.3 Å². The Hall–Kier alpha value is -2.94. The molecule has 0 aliphatic heterocycles. The minimum absolute atomic E-state index is 0.116. The standard InChI is InChI=1S/C18H11Cl2N5O2S/c19-10-6-7-12(13(20)8-10)14-9-28-17(21-14)23-16(26)15-22-18(27)25(24-15)11-4-2-1-3-5-11/h1-9H,(H,21,23,26)(H,22,24,27). The van der Waals surface area contributed by atoms with Gasteiger partial charge in [0.1, 0.15) is 0 Å². The fourth-order valence-electron chi connectivity index (χ4n) is 2.48. The Morgan fingerprint density at radius 3 is 2.68 bits per heavy atom. The van der Waals surface area contributed by atoms with Crippen molar-refractivity contribution < 1.29 is 4.79 Å². The van der Waals surface area contributed by atoms with Crippen LogP contribution in [0.2, 0.25) is 10.0 Å². The minimum atomic E-state index is -0.574. The number of aromatic amines is 1. The smallest absolute Gasteiger partial charge is 0.295 e. The summed E-state index contributed by atoms with van der Waals surface area (Å²) in [5.41, 5.74) is 1.34. The van der Waals surface area contributed by atoms with Gasteiger partial charge in [0.2, 0.25) is 5.82 Å². The van der Waals surface area contributed by atoms with Crippen LogP contribution in [0.3, 0.4) is 0 Å². The summed E-state index contributed by atoms with van der Waals surface area (Å²) in [4.78, 5) is 31.3. The summed E-state index contributed by atoms with van der Waals surface area (Å²) in [6.07, 6.45) is 0. The summed E-state index contributed by atoms with van der Waals surface area (Å²) in [7, 11) is 0. The molecule has 2 aromatic carbocycles. The summed E-state index contributed by atoms with van der Waals surface area (Å²) >= 11 is 13.3. The molecule has 7 nitrogen and oxygen atoms in total. The van der Waals surface area contributed by atoms with Crippen LogP contribution in [0.15, 0.2) is 58.7 Å². The maximum absolute atomic E-state index is 12.4. The summed E-state index contributed by atoms with van der Waals surface area (Å²) < 4.78 is 1.12. The molecule has 28 heavy (non-hydrogen) atoms. The normalized spacial score (nSPS) is 10.8. The number of hydrogen-bond donors (Lipinski definition) is 2. The van der Waals surface area contributed by atoms with Crippen LogP contribution >= 0.6 is 34.5 Å². The number of hydrogen-bond acceptors (Lipinski definition) is 5. The molecule has 0 saturated carbocycles. The second-order valence-corrected chi connectivity index (χ2v) is 7.34. The van der Waals surface area contributed by atoms with E-state index in [1.807, 2.05) is 6.07 Å². The Morgan fingerprint density at radius 1 is 1.14 bits per heavy atom. The maximum Gasteiger partial charge on any atom is 0.348 e. The van der Waals surface area contributed by atoms with Crippen LogP contribution in [0, 0.1) is 0 Å². The van der Waals surface area contributed by atoms with Crippen molar-refractivity contribution in [1.82, 2.24) is 19.7 Å². The molecule has 0 bridgehead atoms. The van der Waals surface area contributed by atoms with Gasteiger partial charge in [0.25, 0.3) is 5.91 Å². The molecule has 10 heteroatoms. The Labute approximate surface area is 172 Å². The van der Waals surface area contributed by atoms with Crippen molar-refractivity contribution in [2.75, 3.05) is 5.32 Å². The van der Waals surface area contributed by atoms with Gasteiger partial charge in [0.05, 0.1) is 16.4 Å². The number of aromatic nitrogens is 4. The van der Waals surface area contributed by atoms with E-state index >= 15 is 0 Å². The average molecular weight is 432 g/mol. The van der Waals surface area contributed by atoms with E-state index in [9.17, 15) is 9.59 Å². The third-order valence-corrected chi connectivity index (χ3v) is 5.07. The van der Waals surface area contributed by atoms with E-state index in [2.05, 4.69) is 20.4 Å². The molecule has 0 aliphatic rings. The van der Waals surface area contributed by atoms with Crippen LogP contribution in [0.5, 0.6) is 0 Å². The highest BCUT2D eigenvalue weighted by Crippen LogP contribution is 2.32. The van der Waals surface area contributed by atoms with Crippen LogP contribution in [-0.4, -0.2) is 25.7 Å². The number of rotatable bonds is 4. The largest absolute Gasteiger partial charge is 0.348 e. The van der Waals surface area contributed by atoms with E-state index < -0.39 is 11.6 Å². The zero-order chi connectivity index (χ0) is 19.7. The molecule has 1 amide bonds. The molecule has 0 unspecified atom stereocenters. The number of nitrogens with zero attached hydrogens (tertiary/aromatic N) is 3. The van der Waals surface area contributed by atoms with E-state index in [4.69, 9.17) is 23.2 Å². The van der Waals surface area contributed by atoms with E-state index in [1.165, 1.54) is 11.3 Å². The Kier molecular flexibility index (Phi) is 4.99. The third-order valence-electron chi connectivity index (χ3n) is 3.77. The summed E-state index contributed by atoms with van der Waals surface area (Å²) in [6, 6.07) is 13.9. The van der Waals surface area contributed by atoms with Gasteiger partial charge in [0, 0.05) is 16.0 Å². The fraction of sp³-hybridized carbons (Fsp3) is 0. The van der Waals surface area contributed by atoms with Gasteiger partial charge in [-0.3, -0.25) is 15.1 Å². The lowest BCUT2D eigenvalue weighted by Crippen LogP contribution is -2.15. The number of H-pyrrole nitrogens is 1. The molecule has 0 radical (unpaired) electrons. The Morgan fingerprint density at radius 2 is 1.93 bits per heavy atom. The van der Waals surface area contributed by atoms with Gasteiger partial charge in [-0.1, -0.05) is 41.4 Å². The zero-order valence-corrected chi connectivity index (χ0v) is 16.3. The Bertz CT molecular complexity index is 1220. The van der Waals surface area contributed by atoms with Crippen LogP contribution < -0.4 is 11.0 Å². The van der Waals surface area contributed by atoms with Gasteiger partial charge in [-0.2, -0.15) is 4.68 Å². The molecule has 2 heterocycles. The molecule has 2 N–H and O–H groups in total. The van der Waals surface area contributed by atoms with E-state index in [1.54, 1.807) is 47.8 Å². The number of carbonyl (C=O) groups excluding carboxylic acids is 1. The van der Waals surface area contributed by atoms with E-state index in [-0.39, 0.29) is 5.82 Å². The first kappa shape index (κ1) is 18.4. The summed E-state index contributed by atoms with van der Waals surface area (Å²) in [5, 5.41) is 9.76. The van der Waals surface area contributed by atoms with Gasteiger partial charge in [0.15, 0.2) is 5.13 Å². The molecule has 0 aliphatic carbocycles. The molecule has 0 atom stereocenters. The molecular formula is C18H11Cl2N5O2S. The first-order valence-corrected chi connectivity index (χ1v) is 9.62. The topological polar surface area (TPSA) is 92.7 Å². The van der Waals surface area contributed by atoms with Crippen molar-refractivity contribution in [1.29, 1.82) is 0 Å². The van der Waals surface area contributed by atoms with Crippen LogP contribution in [-0.2, 0) is 0 Å². The van der Waals surface area contributed by atoms with Crippen LogP contribution in [0.4, 0.5) is 5.13 Å². The Balaban J connectivity index is 1.55. The minimum Gasteiger partial charge on any atom is -0.295 e. The average Bonchev–Trinajstić information content (AvgIpc) is 3.29. The van der Waals surface area contributed by atoms with Crippen molar-refractivity contribution in [3.63, 3.8) is 0 Å². The molecule has 0 fully saturated rings. The number of halogens is 2. The van der Waals surface area contributed by atoms with E-state index in [0.717, 1.165) is 4.68 Å². The highest BCUT2D eigenvalue weighted by molar-refractivity contribution is 7.14. The SMILES string of the molecule is O=C(Nc1nc(-c2ccc(Cl)cc2Cl)cs1)c1nn(-c2ccccc2)c(=O)[nH]1. The van der Waals surface area contributed by atoms with Gasteiger partial charge in [-0.15, -0.1) is 16.4 Å². The van der Waals surface area contributed by atoms with Crippen molar-refractivity contribution in [2.45, 2.75) is 0 Å². The molecule has 0 saturated heterocycles. The number of para-hydroxylation sites is 1. The van der Waals surface area contributed by atoms with E-state index in [0.29, 0.717) is 32.1 Å². The molecule has 4 rings (SSSR count). The van der Waals surface area contributed by atoms with Crippen LogP contribution in [0.25, 0.3) is 16.9 Å². The van der Waals surface area contributed by atoms with Crippen molar-refractivity contribution >= 4 is 45.6 Å². The lowest BCUT2D eigenvalue weighted by molar-refractivity contribution is 0.101. The van der Waals surface area contributed by atoms with Crippen molar-refractivity contribution in [2.24, 2.45) is 0 Å². The molecule has 0 spiro atoms. The summed E-state index contributed by atoms with van der Waals surface area (Å²) in [6.45, 7) is 0. The quantitative estimate of drug-likeness (QED) is 0.505. The molecule has 140 valence electrons. The first-order chi connectivity index (χ1) is 13.5. The first-order valence-electron chi connectivity index (χ1n) is 7.98. The number of nitrogens with one attached hydrogen (secondary N) is 2. The lowest BCUT2D eigenvalue weighted by atomic mass is 10.2. The molecular weight excluding hydrogens is 421 g/mol. The molecule has 2 aromatic heterocycles. The van der Waals surface area contributed by atoms with Gasteiger partial charge < -0.3 is 0 Å². The third kappa shape index (κ3) is 3.70. The van der Waals surface area contributed by atoms with Gasteiger partial charge >= 0.3 is 5.69 Å². The summed E-state index contributed by atoms with van der Waals surface area (Å²) in [5.74, 6) is -0.690. The monoisotopic (exact) mass is 431 g/mol. The second-order valence-electron chi connectivity index (χ2n) is 5.64. The lowest BCUT2D eigenvalue weighted by Gasteiger charge is -2.01. The number of benzene rings is 2. The zero-order valence-electron chi connectivity index (χ0n) is 14.0. The number of thiazole rings is 1. The van der Waals surface area contributed by atoms with Gasteiger partial charge in [-0.05, 0) is 30.3 Å². The van der Waals surface area contributed by atoms with Gasteiger partial charge in [-0.25, -0.2) is 9.78 Å². The number of amides is 1. The predicted molar refractivity (Wildman–Crippen MR) is 110 cm³/mol. The fourth-order valence-corrected chi connectivity index (χ4v) is 3.69.